The molecule has 0 saturated heterocycles. The topological polar surface area (TPSA) is 77.0 Å². The van der Waals surface area contributed by atoms with Crippen LogP contribution in [0.4, 0.5) is 5.69 Å². The molecule has 0 atom stereocenters. The highest BCUT2D eigenvalue weighted by Gasteiger charge is 2.16. The number of pyridine rings is 1. The van der Waals surface area contributed by atoms with Crippen molar-refractivity contribution in [3.05, 3.63) is 95.6 Å². The highest BCUT2D eigenvalue weighted by Crippen LogP contribution is 2.36. The molecule has 4 rings (SSSR count). The van der Waals surface area contributed by atoms with E-state index in [1.807, 2.05) is 75.4 Å². The molecule has 0 aliphatic rings. The third-order valence-electron chi connectivity index (χ3n) is 4.99. The lowest BCUT2D eigenvalue weighted by Crippen LogP contribution is -2.13. The number of nitrogens with zero attached hydrogens (tertiary/aromatic N) is 3. The zero-order valence-electron chi connectivity index (χ0n) is 17.6. The molecule has 31 heavy (non-hydrogen) atoms. The maximum Gasteiger partial charge on any atom is 0.255 e. The van der Waals surface area contributed by atoms with Gasteiger partial charge in [0, 0.05) is 29.2 Å². The van der Waals surface area contributed by atoms with E-state index >= 15 is 0 Å². The number of hydrogen-bond acceptors (Lipinski definition) is 5. The fraction of sp³-hybridized carbons (Fsp3) is 0.120. The molecule has 0 saturated carbocycles. The fourth-order valence-corrected chi connectivity index (χ4v) is 3.23. The molecular weight excluding hydrogens is 388 g/mol. The molecule has 6 heteroatoms. The van der Waals surface area contributed by atoms with E-state index in [4.69, 9.17) is 4.74 Å². The van der Waals surface area contributed by atoms with E-state index in [9.17, 15) is 4.79 Å². The number of aryl methyl sites for hydroxylation is 2. The van der Waals surface area contributed by atoms with Crippen LogP contribution in [-0.2, 0) is 0 Å². The summed E-state index contributed by atoms with van der Waals surface area (Å²) in [5, 5.41) is 2.99. The van der Waals surface area contributed by atoms with Crippen molar-refractivity contribution in [2.24, 2.45) is 0 Å². The average Bonchev–Trinajstić information content (AvgIpc) is 2.80. The van der Waals surface area contributed by atoms with Crippen LogP contribution < -0.4 is 10.1 Å². The highest BCUT2D eigenvalue weighted by molar-refractivity contribution is 6.04. The van der Waals surface area contributed by atoms with Gasteiger partial charge in [-0.05, 0) is 62.7 Å². The molecule has 0 fully saturated rings. The van der Waals surface area contributed by atoms with Gasteiger partial charge in [-0.3, -0.25) is 4.79 Å². The summed E-state index contributed by atoms with van der Waals surface area (Å²) < 4.78 is 6.25. The minimum atomic E-state index is -0.169. The van der Waals surface area contributed by atoms with Gasteiger partial charge in [-0.2, -0.15) is 0 Å². The second-order valence-electron chi connectivity index (χ2n) is 7.26. The van der Waals surface area contributed by atoms with Crippen LogP contribution in [0.2, 0.25) is 0 Å². The summed E-state index contributed by atoms with van der Waals surface area (Å²) in [6.07, 6.45) is 4.84. The van der Waals surface area contributed by atoms with Gasteiger partial charge in [-0.1, -0.05) is 23.8 Å². The Hall–Kier alpha value is -4.06. The number of aromatic nitrogens is 3. The minimum Gasteiger partial charge on any atom is -0.438 e. The maximum atomic E-state index is 12.7. The quantitative estimate of drug-likeness (QED) is 0.469. The van der Waals surface area contributed by atoms with Gasteiger partial charge < -0.3 is 10.1 Å². The lowest BCUT2D eigenvalue weighted by atomic mass is 10.1. The molecule has 0 aliphatic carbocycles. The molecule has 1 amide bonds. The normalized spacial score (nSPS) is 10.5. The van der Waals surface area contributed by atoms with E-state index in [0.717, 1.165) is 27.9 Å². The summed E-state index contributed by atoms with van der Waals surface area (Å²) in [4.78, 5) is 25.4. The van der Waals surface area contributed by atoms with Crippen LogP contribution in [0.3, 0.4) is 0 Å². The van der Waals surface area contributed by atoms with Gasteiger partial charge in [-0.15, -0.1) is 0 Å². The first-order valence-electron chi connectivity index (χ1n) is 9.90. The third-order valence-corrected chi connectivity index (χ3v) is 4.99. The molecule has 2 heterocycles. The summed E-state index contributed by atoms with van der Waals surface area (Å²) in [6.45, 7) is 5.87. The number of hydrogen-bond donors (Lipinski definition) is 1. The Bertz CT molecular complexity index is 1220. The maximum absolute atomic E-state index is 12.7. The van der Waals surface area contributed by atoms with Crippen molar-refractivity contribution in [1.29, 1.82) is 0 Å². The van der Waals surface area contributed by atoms with Gasteiger partial charge in [0.15, 0.2) is 0 Å². The number of amides is 1. The molecule has 6 nitrogen and oxygen atoms in total. The second kappa shape index (κ2) is 8.75. The van der Waals surface area contributed by atoms with Crippen molar-refractivity contribution < 1.29 is 9.53 Å². The molecule has 1 N–H and O–H groups in total. The Labute approximate surface area is 181 Å². The van der Waals surface area contributed by atoms with E-state index in [0.29, 0.717) is 22.9 Å². The van der Waals surface area contributed by atoms with Crippen molar-refractivity contribution in [3.8, 4) is 22.9 Å². The summed E-state index contributed by atoms with van der Waals surface area (Å²) in [5.41, 5.74) is 5.63. The molecule has 0 unspecified atom stereocenters. The molecule has 4 aromatic rings. The molecule has 0 aliphatic heterocycles. The van der Waals surface area contributed by atoms with Gasteiger partial charge in [0.1, 0.15) is 12.1 Å². The van der Waals surface area contributed by atoms with E-state index in [2.05, 4.69) is 20.3 Å². The average molecular weight is 410 g/mol. The van der Waals surface area contributed by atoms with Crippen molar-refractivity contribution in [3.63, 3.8) is 0 Å². The number of anilines is 1. The summed E-state index contributed by atoms with van der Waals surface area (Å²) in [6, 6.07) is 16.8. The number of carbonyl (C=O) groups is 1. The van der Waals surface area contributed by atoms with Crippen LogP contribution in [0.1, 0.15) is 27.0 Å². The van der Waals surface area contributed by atoms with E-state index in [1.165, 1.54) is 6.33 Å². The Morgan fingerprint density at radius 3 is 2.45 bits per heavy atom. The van der Waals surface area contributed by atoms with Crippen LogP contribution >= 0.6 is 0 Å². The largest absolute Gasteiger partial charge is 0.438 e. The minimum absolute atomic E-state index is 0.169. The number of benzene rings is 2. The van der Waals surface area contributed by atoms with Crippen molar-refractivity contribution in [2.45, 2.75) is 20.8 Å². The zero-order valence-corrected chi connectivity index (χ0v) is 17.6. The Kier molecular flexibility index (Phi) is 5.71. The lowest BCUT2D eigenvalue weighted by Gasteiger charge is -2.17. The van der Waals surface area contributed by atoms with Gasteiger partial charge in [0.05, 0.1) is 11.3 Å². The van der Waals surface area contributed by atoms with Crippen LogP contribution in [0.15, 0.2) is 73.3 Å². The third kappa shape index (κ3) is 4.43. The van der Waals surface area contributed by atoms with Gasteiger partial charge >= 0.3 is 0 Å². The lowest BCUT2D eigenvalue weighted by molar-refractivity contribution is 0.102. The first kappa shape index (κ1) is 20.2. The van der Waals surface area contributed by atoms with Crippen LogP contribution in [0.25, 0.3) is 11.3 Å². The monoisotopic (exact) mass is 410 g/mol. The van der Waals surface area contributed by atoms with Gasteiger partial charge in [0.2, 0.25) is 5.88 Å². The molecule has 2 aromatic heterocycles. The molecular formula is C25H22N4O2. The Balaban J connectivity index is 1.65. The Morgan fingerprint density at radius 2 is 1.71 bits per heavy atom. The smallest absolute Gasteiger partial charge is 0.255 e. The zero-order chi connectivity index (χ0) is 21.8. The highest BCUT2D eigenvalue weighted by atomic mass is 16.5. The van der Waals surface area contributed by atoms with Crippen molar-refractivity contribution in [2.75, 3.05) is 5.32 Å². The summed E-state index contributed by atoms with van der Waals surface area (Å²) >= 11 is 0. The summed E-state index contributed by atoms with van der Waals surface area (Å²) in [5.74, 6) is 0.919. The SMILES string of the molecule is Cc1ccc(C(=O)Nc2ccc(C)c(Oc3ncccc3-c3ccncn3)c2C)cc1. The fourth-order valence-electron chi connectivity index (χ4n) is 3.23. The number of nitrogens with one attached hydrogen (secondary N) is 1. The van der Waals surface area contributed by atoms with E-state index < -0.39 is 0 Å². The van der Waals surface area contributed by atoms with Crippen LogP contribution in [-0.4, -0.2) is 20.9 Å². The summed E-state index contributed by atoms with van der Waals surface area (Å²) in [7, 11) is 0. The van der Waals surface area contributed by atoms with Crippen LogP contribution in [0.5, 0.6) is 11.6 Å². The van der Waals surface area contributed by atoms with E-state index in [1.54, 1.807) is 12.4 Å². The van der Waals surface area contributed by atoms with Gasteiger partial charge in [-0.25, -0.2) is 15.0 Å². The Morgan fingerprint density at radius 1 is 0.903 bits per heavy atom. The first-order valence-corrected chi connectivity index (χ1v) is 9.90. The predicted molar refractivity (Wildman–Crippen MR) is 120 cm³/mol. The standard InChI is InChI=1S/C25H22N4O2/c1-16-6-9-19(10-7-16)24(30)29-21-11-8-17(2)23(18(21)3)31-25-20(5-4-13-27-25)22-12-14-26-15-28-22/h4-15H,1-3H3,(H,29,30). The van der Waals surface area contributed by atoms with Crippen LogP contribution in [0, 0.1) is 20.8 Å². The number of ether oxygens (including phenoxy) is 1. The van der Waals surface area contributed by atoms with Crippen molar-refractivity contribution >= 4 is 11.6 Å². The second-order valence-corrected chi connectivity index (χ2v) is 7.26. The molecule has 154 valence electrons. The number of carbonyl (C=O) groups excluding carboxylic acids is 1. The molecule has 0 bridgehead atoms. The van der Waals surface area contributed by atoms with Gasteiger partial charge in [0.25, 0.3) is 5.91 Å². The molecule has 0 radical (unpaired) electrons. The number of rotatable bonds is 5. The first-order chi connectivity index (χ1) is 15.0. The molecule has 0 spiro atoms. The molecule has 2 aromatic carbocycles. The van der Waals surface area contributed by atoms with E-state index in [-0.39, 0.29) is 5.91 Å². The predicted octanol–water partition coefficient (Wildman–Crippen LogP) is 5.51. The van der Waals surface area contributed by atoms with Crippen molar-refractivity contribution in [1.82, 2.24) is 15.0 Å².